The molecule has 2 aromatic rings. The van der Waals surface area contributed by atoms with Crippen molar-refractivity contribution in [3.05, 3.63) is 53.9 Å². The molecule has 0 radical (unpaired) electrons. The van der Waals surface area contributed by atoms with Gasteiger partial charge in [-0.1, -0.05) is 6.07 Å². The molecular formula is C16H18N2O3. The summed E-state index contributed by atoms with van der Waals surface area (Å²) < 4.78 is 9.97. The van der Waals surface area contributed by atoms with E-state index in [1.54, 1.807) is 13.3 Å². The van der Waals surface area contributed by atoms with E-state index in [1.807, 2.05) is 43.3 Å². The Morgan fingerprint density at radius 3 is 2.38 bits per heavy atom. The van der Waals surface area contributed by atoms with Gasteiger partial charge in [-0.15, -0.1) is 0 Å². The molecule has 2 rings (SSSR count). The first-order chi connectivity index (χ1) is 10.1. The minimum absolute atomic E-state index is 0.364. The smallest absolute Gasteiger partial charge is 0.333 e. The van der Waals surface area contributed by atoms with Crippen LogP contribution >= 0.6 is 0 Å². The number of rotatable bonds is 5. The molecule has 1 N–H and O–H groups in total. The molecule has 0 aliphatic heterocycles. The van der Waals surface area contributed by atoms with Crippen LogP contribution < -0.4 is 10.1 Å². The molecule has 1 unspecified atom stereocenters. The first-order valence-electron chi connectivity index (χ1n) is 6.55. The summed E-state index contributed by atoms with van der Waals surface area (Å²) in [5.41, 5.74) is 2.45. The summed E-state index contributed by atoms with van der Waals surface area (Å²) in [5.74, 6) is 0.392. The largest absolute Gasteiger partial charge is 0.497 e. The van der Waals surface area contributed by atoms with Crippen LogP contribution in [0, 0.1) is 6.92 Å². The maximum atomic E-state index is 12.0. The zero-order valence-corrected chi connectivity index (χ0v) is 12.3. The molecule has 0 amide bonds. The van der Waals surface area contributed by atoms with Gasteiger partial charge >= 0.3 is 5.97 Å². The third-order valence-electron chi connectivity index (χ3n) is 3.11. The van der Waals surface area contributed by atoms with Gasteiger partial charge in [0.1, 0.15) is 5.75 Å². The fourth-order valence-electron chi connectivity index (χ4n) is 1.90. The standard InChI is InChI=1S/C16H18N2O3/c1-11-4-5-12(10-17-11)15(16(19)21-3)18-13-6-8-14(20-2)9-7-13/h4-10,15,18H,1-3H3. The van der Waals surface area contributed by atoms with Gasteiger partial charge in [0.15, 0.2) is 6.04 Å². The number of benzene rings is 1. The normalized spacial score (nSPS) is 11.6. The lowest BCUT2D eigenvalue weighted by molar-refractivity contribution is -0.141. The number of hydrogen-bond acceptors (Lipinski definition) is 5. The van der Waals surface area contributed by atoms with Crippen LogP contribution in [0.4, 0.5) is 5.69 Å². The van der Waals surface area contributed by atoms with Crippen molar-refractivity contribution >= 4 is 11.7 Å². The van der Waals surface area contributed by atoms with E-state index < -0.39 is 6.04 Å². The first-order valence-corrected chi connectivity index (χ1v) is 6.55. The quantitative estimate of drug-likeness (QED) is 0.856. The minimum atomic E-state index is -0.600. The van der Waals surface area contributed by atoms with Crippen molar-refractivity contribution < 1.29 is 14.3 Å². The van der Waals surface area contributed by atoms with Crippen molar-refractivity contribution in [3.63, 3.8) is 0 Å². The monoisotopic (exact) mass is 286 g/mol. The van der Waals surface area contributed by atoms with Gasteiger partial charge in [0.05, 0.1) is 14.2 Å². The molecule has 110 valence electrons. The molecule has 0 bridgehead atoms. The lowest BCUT2D eigenvalue weighted by Gasteiger charge is -2.18. The van der Waals surface area contributed by atoms with Crippen molar-refractivity contribution in [1.82, 2.24) is 4.98 Å². The fraction of sp³-hybridized carbons (Fsp3) is 0.250. The molecule has 1 heterocycles. The van der Waals surface area contributed by atoms with Gasteiger partial charge in [-0.25, -0.2) is 4.79 Å². The van der Waals surface area contributed by atoms with Gasteiger partial charge in [0, 0.05) is 23.1 Å². The Labute approximate surface area is 123 Å². The Morgan fingerprint density at radius 1 is 1.14 bits per heavy atom. The van der Waals surface area contributed by atoms with Crippen molar-refractivity contribution in [1.29, 1.82) is 0 Å². The first kappa shape index (κ1) is 14.8. The van der Waals surface area contributed by atoms with Crippen LogP contribution in [-0.4, -0.2) is 25.2 Å². The molecule has 1 atom stereocenters. The van der Waals surface area contributed by atoms with E-state index in [-0.39, 0.29) is 5.97 Å². The topological polar surface area (TPSA) is 60.5 Å². The SMILES string of the molecule is COC(=O)C(Nc1ccc(OC)cc1)c1ccc(C)nc1. The minimum Gasteiger partial charge on any atom is -0.497 e. The Kier molecular flexibility index (Phi) is 4.77. The second kappa shape index (κ2) is 6.74. The van der Waals surface area contributed by atoms with Crippen LogP contribution in [0.15, 0.2) is 42.6 Å². The highest BCUT2D eigenvalue weighted by molar-refractivity contribution is 5.80. The number of methoxy groups -OCH3 is 2. The van der Waals surface area contributed by atoms with Crippen molar-refractivity contribution in [3.8, 4) is 5.75 Å². The van der Waals surface area contributed by atoms with E-state index in [2.05, 4.69) is 10.3 Å². The summed E-state index contributed by atoms with van der Waals surface area (Å²) in [4.78, 5) is 16.2. The van der Waals surface area contributed by atoms with Gasteiger partial charge in [-0.05, 0) is 37.3 Å². The second-order valence-electron chi connectivity index (χ2n) is 4.56. The van der Waals surface area contributed by atoms with Crippen LogP contribution in [0.25, 0.3) is 0 Å². The third-order valence-corrected chi connectivity index (χ3v) is 3.11. The van der Waals surface area contributed by atoms with Gasteiger partial charge in [0.25, 0.3) is 0 Å². The molecular weight excluding hydrogens is 268 g/mol. The maximum Gasteiger partial charge on any atom is 0.333 e. The third kappa shape index (κ3) is 3.72. The number of aryl methyl sites for hydroxylation is 1. The Bertz CT molecular complexity index is 594. The second-order valence-corrected chi connectivity index (χ2v) is 4.56. The van der Waals surface area contributed by atoms with Crippen LogP contribution in [0.2, 0.25) is 0 Å². The number of anilines is 1. The van der Waals surface area contributed by atoms with Gasteiger partial charge in [0.2, 0.25) is 0 Å². The molecule has 0 aliphatic rings. The maximum absolute atomic E-state index is 12.0. The Balaban J connectivity index is 2.23. The number of nitrogens with one attached hydrogen (secondary N) is 1. The highest BCUT2D eigenvalue weighted by Gasteiger charge is 2.21. The van der Waals surface area contributed by atoms with Crippen molar-refractivity contribution in [2.45, 2.75) is 13.0 Å². The number of aromatic nitrogens is 1. The number of esters is 1. The number of pyridine rings is 1. The van der Waals surface area contributed by atoms with E-state index in [4.69, 9.17) is 9.47 Å². The van der Waals surface area contributed by atoms with Crippen molar-refractivity contribution in [2.24, 2.45) is 0 Å². The van der Waals surface area contributed by atoms with Crippen LogP contribution in [-0.2, 0) is 9.53 Å². The van der Waals surface area contributed by atoms with Crippen LogP contribution in [0.5, 0.6) is 5.75 Å². The lowest BCUT2D eigenvalue weighted by atomic mass is 10.1. The highest BCUT2D eigenvalue weighted by atomic mass is 16.5. The number of carbonyl (C=O) groups excluding carboxylic acids is 1. The van der Waals surface area contributed by atoms with E-state index in [9.17, 15) is 4.79 Å². The molecule has 1 aromatic carbocycles. The predicted octanol–water partition coefficient (Wildman–Crippen LogP) is 2.72. The molecule has 5 heteroatoms. The van der Waals surface area contributed by atoms with E-state index in [1.165, 1.54) is 7.11 Å². The molecule has 0 spiro atoms. The molecule has 0 saturated heterocycles. The fourth-order valence-corrected chi connectivity index (χ4v) is 1.90. The van der Waals surface area contributed by atoms with E-state index in [0.717, 1.165) is 22.7 Å². The predicted molar refractivity (Wildman–Crippen MR) is 80.3 cm³/mol. The molecule has 0 fully saturated rings. The van der Waals surface area contributed by atoms with E-state index in [0.29, 0.717) is 0 Å². The lowest BCUT2D eigenvalue weighted by Crippen LogP contribution is -2.22. The van der Waals surface area contributed by atoms with Gasteiger partial charge in [-0.3, -0.25) is 4.98 Å². The summed E-state index contributed by atoms with van der Waals surface area (Å²) in [6, 6.07) is 10.5. The Hall–Kier alpha value is -2.56. The average Bonchev–Trinajstić information content (AvgIpc) is 2.53. The molecule has 0 aliphatic carbocycles. The molecule has 21 heavy (non-hydrogen) atoms. The number of nitrogens with zero attached hydrogens (tertiary/aromatic N) is 1. The number of hydrogen-bond donors (Lipinski definition) is 1. The zero-order chi connectivity index (χ0) is 15.2. The Morgan fingerprint density at radius 2 is 1.86 bits per heavy atom. The zero-order valence-electron chi connectivity index (χ0n) is 12.3. The van der Waals surface area contributed by atoms with Crippen LogP contribution in [0.1, 0.15) is 17.3 Å². The molecule has 5 nitrogen and oxygen atoms in total. The summed E-state index contributed by atoms with van der Waals surface area (Å²) >= 11 is 0. The van der Waals surface area contributed by atoms with Crippen LogP contribution in [0.3, 0.4) is 0 Å². The molecule has 0 saturated carbocycles. The van der Waals surface area contributed by atoms with Gasteiger partial charge < -0.3 is 14.8 Å². The highest BCUT2D eigenvalue weighted by Crippen LogP contribution is 2.22. The van der Waals surface area contributed by atoms with E-state index >= 15 is 0 Å². The molecule has 1 aromatic heterocycles. The summed E-state index contributed by atoms with van der Waals surface area (Å²) in [7, 11) is 2.98. The summed E-state index contributed by atoms with van der Waals surface area (Å²) in [6.45, 7) is 1.90. The van der Waals surface area contributed by atoms with Gasteiger partial charge in [-0.2, -0.15) is 0 Å². The summed E-state index contributed by atoms with van der Waals surface area (Å²) in [6.07, 6.45) is 1.67. The number of carbonyl (C=O) groups is 1. The average molecular weight is 286 g/mol. The summed E-state index contributed by atoms with van der Waals surface area (Å²) in [5, 5.41) is 3.15. The number of ether oxygens (including phenoxy) is 2. The van der Waals surface area contributed by atoms with Crippen molar-refractivity contribution in [2.75, 3.05) is 19.5 Å².